The van der Waals surface area contributed by atoms with Gasteiger partial charge >= 0.3 is 6.18 Å². The fourth-order valence-electron chi connectivity index (χ4n) is 8.07. The minimum atomic E-state index is -4.57. The third-order valence-electron chi connectivity index (χ3n) is 11.6. The van der Waals surface area contributed by atoms with Crippen molar-refractivity contribution in [2.24, 2.45) is 11.3 Å². The lowest BCUT2D eigenvalue weighted by Gasteiger charge is -2.27. The Balaban J connectivity index is 0.954. The molecule has 334 valence electrons. The summed E-state index contributed by atoms with van der Waals surface area (Å²) in [6.45, 7) is 4.51. The minimum Gasteiger partial charge on any atom is -0.493 e. The van der Waals surface area contributed by atoms with Crippen LogP contribution < -0.4 is 36.5 Å². The first-order chi connectivity index (χ1) is 30.0. The largest absolute Gasteiger partial charge is 0.493 e. The number of fused-ring (bicyclic) bond motifs is 2. The van der Waals surface area contributed by atoms with Gasteiger partial charge in [0.2, 0.25) is 17.7 Å². The molecular weight excluding hydrogens is 826 g/mol. The van der Waals surface area contributed by atoms with Gasteiger partial charge in [-0.2, -0.15) is 13.2 Å². The Bertz CT molecular complexity index is 2460. The molecule has 0 bridgehead atoms. The van der Waals surface area contributed by atoms with E-state index < -0.39 is 53.4 Å². The number of hydrogen-bond acceptors (Lipinski definition) is 13. The summed E-state index contributed by atoms with van der Waals surface area (Å²) < 4.78 is 58.8. The lowest BCUT2D eigenvalue weighted by atomic mass is 9.92. The number of carbonyl (C=O) groups excluding carboxylic acids is 5. The van der Waals surface area contributed by atoms with Gasteiger partial charge in [-0.1, -0.05) is 6.07 Å². The summed E-state index contributed by atoms with van der Waals surface area (Å²) >= 11 is 0. The molecule has 6 N–H and O–H groups in total. The first-order valence-electron chi connectivity index (χ1n) is 20.6. The lowest BCUT2D eigenvalue weighted by molar-refractivity contribution is -0.138. The number of ether oxygens (including phenoxy) is 3. The van der Waals surface area contributed by atoms with Crippen LogP contribution in [0.3, 0.4) is 0 Å². The van der Waals surface area contributed by atoms with Crippen LogP contribution in [0.1, 0.15) is 89.2 Å². The number of imide groups is 2. The molecule has 7 rings (SSSR count). The molecule has 3 atom stereocenters. The number of piperidine rings is 1. The topological polar surface area (TPSA) is 216 Å². The zero-order chi connectivity index (χ0) is 45.2. The smallest absolute Gasteiger partial charge is 0.416 e. The Morgan fingerprint density at radius 1 is 1.06 bits per heavy atom. The number of carbonyl (C=O) groups is 5. The highest BCUT2D eigenvalue weighted by Crippen LogP contribution is 2.51. The molecule has 1 aromatic heterocycles. The number of benzene rings is 3. The number of nitrogens with zero attached hydrogens (tertiary/aromatic N) is 3. The third kappa shape index (κ3) is 9.77. The molecule has 16 nitrogen and oxygen atoms in total. The first-order valence-corrected chi connectivity index (χ1v) is 20.6. The summed E-state index contributed by atoms with van der Waals surface area (Å²) in [5.41, 5.74) is 6.30. The fourth-order valence-corrected chi connectivity index (χ4v) is 8.07. The molecule has 1 aliphatic carbocycles. The van der Waals surface area contributed by atoms with E-state index in [-0.39, 0.29) is 54.2 Å². The fraction of sp³-hybridized carbons (Fsp3) is 0.432. The van der Waals surface area contributed by atoms with Gasteiger partial charge in [0.05, 0.1) is 54.5 Å². The second-order valence-corrected chi connectivity index (χ2v) is 16.2. The summed E-state index contributed by atoms with van der Waals surface area (Å²) in [4.78, 5) is 73.8. The second-order valence-electron chi connectivity index (χ2n) is 16.2. The number of rotatable bonds is 18. The van der Waals surface area contributed by atoms with Crippen LogP contribution in [0.25, 0.3) is 10.9 Å². The van der Waals surface area contributed by atoms with Crippen LogP contribution >= 0.6 is 0 Å². The van der Waals surface area contributed by atoms with Crippen molar-refractivity contribution >= 4 is 57.6 Å². The molecule has 1 saturated carbocycles. The summed E-state index contributed by atoms with van der Waals surface area (Å²) in [6.07, 6.45) is -1.85. The van der Waals surface area contributed by atoms with E-state index in [9.17, 15) is 37.1 Å². The van der Waals surface area contributed by atoms with E-state index in [0.29, 0.717) is 71.3 Å². The monoisotopic (exact) mass is 874 g/mol. The highest BCUT2D eigenvalue weighted by atomic mass is 19.4. The predicted molar refractivity (Wildman–Crippen MR) is 225 cm³/mol. The van der Waals surface area contributed by atoms with Crippen LogP contribution in [0, 0.1) is 18.3 Å². The van der Waals surface area contributed by atoms with E-state index in [4.69, 9.17) is 19.9 Å². The molecule has 5 amide bonds. The number of methoxy groups -OCH3 is 1. The second kappa shape index (κ2) is 18.1. The molecule has 0 radical (unpaired) electrons. The SMILES string of the molecule is CNC(=O)C(COCCCNc1cccc2c1C(=O)N(C1CCC(=O)NC1=O)C2=O)CC1(COc2cc3c(NC(C)c4cc(N)cc(C(F)(F)F)c4)nc(C)nc3cc2OC)CC1. The van der Waals surface area contributed by atoms with Gasteiger partial charge in [-0.3, -0.25) is 34.2 Å². The zero-order valence-corrected chi connectivity index (χ0v) is 35.2. The number of hydrogen-bond donors (Lipinski definition) is 5. The van der Waals surface area contributed by atoms with Gasteiger partial charge in [0.1, 0.15) is 17.7 Å². The molecule has 3 unspecified atom stereocenters. The van der Waals surface area contributed by atoms with Crippen molar-refractivity contribution in [3.05, 3.63) is 76.6 Å². The standard InChI is InChI=1S/C44H49F3N8O8/c1-23(25-15-27(44(45,46)47)17-28(48)16-25)51-38-30-18-35(34(61-4)19-32(30)52-24(2)53-38)63-22-43(11-12-43)20-26(39(57)49-3)21-62-14-6-13-50-31-8-5-7-29-37(31)42(60)55(41(29)59)33-9-10-36(56)54-40(33)58/h5,7-8,15-19,23,26,33,50H,6,9-14,20-22,48H2,1-4H3,(H,49,57)(H,51,52,53)(H,54,56,58). The van der Waals surface area contributed by atoms with Crippen molar-refractivity contribution in [2.45, 2.75) is 70.6 Å². The van der Waals surface area contributed by atoms with Gasteiger partial charge in [-0.15, -0.1) is 0 Å². The molecule has 3 heterocycles. The van der Waals surface area contributed by atoms with Crippen LogP contribution in [0.4, 0.5) is 30.4 Å². The van der Waals surface area contributed by atoms with Crippen molar-refractivity contribution in [1.29, 1.82) is 0 Å². The highest BCUT2D eigenvalue weighted by molar-refractivity contribution is 6.25. The van der Waals surface area contributed by atoms with Gasteiger partial charge < -0.3 is 35.9 Å². The van der Waals surface area contributed by atoms with Crippen LogP contribution in [-0.4, -0.2) is 91.0 Å². The number of nitrogens with one attached hydrogen (secondary N) is 4. The highest BCUT2D eigenvalue weighted by Gasteiger charge is 2.47. The van der Waals surface area contributed by atoms with E-state index in [0.717, 1.165) is 29.9 Å². The van der Waals surface area contributed by atoms with Gasteiger partial charge in [-0.05, 0) is 87.9 Å². The van der Waals surface area contributed by atoms with Crippen LogP contribution in [0.15, 0.2) is 48.5 Å². The zero-order valence-electron chi connectivity index (χ0n) is 35.2. The van der Waals surface area contributed by atoms with Crippen molar-refractivity contribution in [2.75, 3.05) is 56.9 Å². The van der Waals surface area contributed by atoms with E-state index >= 15 is 0 Å². The third-order valence-corrected chi connectivity index (χ3v) is 11.6. The average molecular weight is 875 g/mol. The molecule has 1 saturated heterocycles. The van der Waals surface area contributed by atoms with E-state index in [1.54, 1.807) is 45.2 Å². The van der Waals surface area contributed by atoms with E-state index in [2.05, 4.69) is 31.2 Å². The average Bonchev–Trinajstić information content (AvgIpc) is 3.96. The molecule has 3 aliphatic rings. The lowest BCUT2D eigenvalue weighted by Crippen LogP contribution is -2.54. The molecule has 19 heteroatoms. The maximum absolute atomic E-state index is 13.6. The van der Waals surface area contributed by atoms with Crippen molar-refractivity contribution < 1.29 is 51.4 Å². The van der Waals surface area contributed by atoms with Crippen LogP contribution in [0.5, 0.6) is 11.5 Å². The number of nitrogen functional groups attached to an aromatic ring is 1. The Morgan fingerprint density at radius 3 is 2.54 bits per heavy atom. The van der Waals surface area contributed by atoms with Crippen molar-refractivity contribution in [1.82, 2.24) is 25.5 Å². The number of aryl methyl sites for hydroxylation is 1. The Kier molecular flexibility index (Phi) is 12.8. The Labute approximate surface area is 360 Å². The number of nitrogens with two attached hydrogens (primary N) is 1. The normalized spacial score (nSPS) is 17.8. The molecule has 4 aromatic rings. The maximum atomic E-state index is 13.6. The summed E-state index contributed by atoms with van der Waals surface area (Å²) in [6, 6.07) is 10.1. The number of alkyl halides is 3. The van der Waals surface area contributed by atoms with Crippen LogP contribution in [0.2, 0.25) is 0 Å². The maximum Gasteiger partial charge on any atom is 0.416 e. The molecule has 63 heavy (non-hydrogen) atoms. The molecule has 0 spiro atoms. The Hall–Kier alpha value is -6.50. The summed E-state index contributed by atoms with van der Waals surface area (Å²) in [5, 5.41) is 11.9. The molecular formula is C44H49F3N8O8. The predicted octanol–water partition coefficient (Wildman–Crippen LogP) is 5.55. The molecule has 3 aromatic carbocycles. The van der Waals surface area contributed by atoms with E-state index in [1.165, 1.54) is 19.2 Å². The van der Waals surface area contributed by atoms with Crippen molar-refractivity contribution in [3.8, 4) is 11.5 Å². The quantitative estimate of drug-likeness (QED) is 0.0472. The van der Waals surface area contributed by atoms with Gasteiger partial charge in [0.15, 0.2) is 11.5 Å². The van der Waals surface area contributed by atoms with Crippen molar-refractivity contribution in [3.63, 3.8) is 0 Å². The molecule has 2 aliphatic heterocycles. The minimum absolute atomic E-state index is 0.0142. The summed E-state index contributed by atoms with van der Waals surface area (Å²) in [5.74, 6) is -1.33. The number of amides is 5. The van der Waals surface area contributed by atoms with E-state index in [1.807, 2.05) is 0 Å². The number of aromatic nitrogens is 2. The number of anilines is 3. The molecule has 2 fully saturated rings. The van der Waals surface area contributed by atoms with Crippen LogP contribution in [-0.2, 0) is 25.3 Å². The first kappa shape index (κ1) is 44.6. The summed E-state index contributed by atoms with van der Waals surface area (Å²) in [7, 11) is 3.08. The Morgan fingerprint density at radius 2 is 1.84 bits per heavy atom. The number of halogens is 3. The van der Waals surface area contributed by atoms with Gasteiger partial charge in [0.25, 0.3) is 11.8 Å². The van der Waals surface area contributed by atoms with Gasteiger partial charge in [-0.25, -0.2) is 9.97 Å². The van der Waals surface area contributed by atoms with Gasteiger partial charge in [0, 0.05) is 54.9 Å².